The number of nitrogens with zero attached hydrogens (tertiary/aromatic N) is 1. The van der Waals surface area contributed by atoms with Gasteiger partial charge in [-0.25, -0.2) is 4.99 Å². The summed E-state index contributed by atoms with van der Waals surface area (Å²) in [6.07, 6.45) is 7.21. The van der Waals surface area contributed by atoms with Gasteiger partial charge in [-0.2, -0.15) is 0 Å². The number of benzene rings is 1. The molecular weight excluding hydrogens is 424 g/mol. The number of carbonyl (C=O) groups excluding carboxylic acids is 2. The van der Waals surface area contributed by atoms with Crippen LogP contribution in [0.5, 0.6) is 11.5 Å². The van der Waals surface area contributed by atoms with Gasteiger partial charge in [-0.05, 0) is 36.5 Å². The van der Waals surface area contributed by atoms with E-state index in [1.165, 1.54) is 19.3 Å². The van der Waals surface area contributed by atoms with Crippen LogP contribution in [0.3, 0.4) is 0 Å². The number of amides is 2. The van der Waals surface area contributed by atoms with E-state index in [4.69, 9.17) is 19.9 Å². The lowest BCUT2D eigenvalue weighted by molar-refractivity contribution is -0.123. The molecule has 1 unspecified atom stereocenters. The quantitative estimate of drug-likeness (QED) is 0.248. The molecule has 1 fully saturated rings. The zero-order valence-corrected chi connectivity index (χ0v) is 20.0. The van der Waals surface area contributed by atoms with Crippen molar-refractivity contribution < 1.29 is 23.8 Å². The maximum absolute atomic E-state index is 12.8. The lowest BCUT2D eigenvalue weighted by Crippen LogP contribution is -2.42. The number of methoxy groups -OCH3 is 3. The van der Waals surface area contributed by atoms with Crippen molar-refractivity contribution in [2.45, 2.75) is 57.4 Å². The smallest absolute Gasteiger partial charge is 0.244 e. The van der Waals surface area contributed by atoms with Crippen molar-refractivity contribution in [2.24, 2.45) is 16.6 Å². The Morgan fingerprint density at radius 3 is 2.52 bits per heavy atom. The highest BCUT2D eigenvalue weighted by atomic mass is 16.5. The number of guanidine groups is 1. The average molecular weight is 463 g/mol. The first-order valence-electron chi connectivity index (χ1n) is 11.6. The highest BCUT2D eigenvalue weighted by Crippen LogP contribution is 2.29. The Kier molecular flexibility index (Phi) is 11.5. The van der Waals surface area contributed by atoms with Gasteiger partial charge in [-0.1, -0.05) is 38.2 Å². The summed E-state index contributed by atoms with van der Waals surface area (Å²) in [5.74, 6) is 1.03. The Balaban J connectivity index is 2.00. The second kappa shape index (κ2) is 14.4. The number of carbonyl (C=O) groups is 2. The summed E-state index contributed by atoms with van der Waals surface area (Å²) >= 11 is 0. The number of rotatable bonds is 12. The molecule has 1 aliphatic rings. The molecule has 184 valence electrons. The van der Waals surface area contributed by atoms with Crippen LogP contribution in [0, 0.1) is 5.92 Å². The molecule has 1 aromatic carbocycles. The van der Waals surface area contributed by atoms with Crippen LogP contribution >= 0.6 is 0 Å². The van der Waals surface area contributed by atoms with Gasteiger partial charge in [0.05, 0.1) is 20.6 Å². The van der Waals surface area contributed by atoms with Crippen LogP contribution in [-0.2, 0) is 20.7 Å². The summed E-state index contributed by atoms with van der Waals surface area (Å²) in [7, 11) is 4.72. The van der Waals surface area contributed by atoms with Gasteiger partial charge >= 0.3 is 0 Å². The molecule has 0 heterocycles. The molecule has 2 rings (SSSR count). The molecule has 4 N–H and O–H groups in total. The van der Waals surface area contributed by atoms with Gasteiger partial charge in [0.15, 0.2) is 17.5 Å². The summed E-state index contributed by atoms with van der Waals surface area (Å²) in [5.41, 5.74) is 6.77. The maximum atomic E-state index is 12.8. The molecular formula is C24H38N4O5. The van der Waals surface area contributed by atoms with Crippen molar-refractivity contribution in [3.63, 3.8) is 0 Å². The second-order valence-electron chi connectivity index (χ2n) is 8.32. The van der Waals surface area contributed by atoms with E-state index in [0.29, 0.717) is 37.0 Å². The molecule has 9 heteroatoms. The molecule has 9 nitrogen and oxygen atoms in total. The normalized spacial score (nSPS) is 15.5. The molecule has 1 aromatic rings. The van der Waals surface area contributed by atoms with E-state index in [1.807, 2.05) is 0 Å². The Morgan fingerprint density at radius 2 is 1.85 bits per heavy atom. The zero-order chi connectivity index (χ0) is 24.1. The molecule has 1 atom stereocenters. The fraction of sp³-hybridized carbons (Fsp3) is 0.625. The van der Waals surface area contributed by atoms with Gasteiger partial charge in [0.2, 0.25) is 11.8 Å². The third-order valence-electron chi connectivity index (χ3n) is 5.78. The number of ether oxygens (including phenoxy) is 3. The predicted molar refractivity (Wildman–Crippen MR) is 127 cm³/mol. The molecule has 2 amide bonds. The average Bonchev–Trinajstić information content (AvgIpc) is 2.81. The molecule has 0 aromatic heterocycles. The fourth-order valence-electron chi connectivity index (χ4n) is 4.07. The van der Waals surface area contributed by atoms with Gasteiger partial charge in [-0.15, -0.1) is 0 Å². The molecule has 0 radical (unpaired) electrons. The maximum Gasteiger partial charge on any atom is 0.244 e. The molecule has 0 aliphatic heterocycles. The minimum absolute atomic E-state index is 0.0478. The van der Waals surface area contributed by atoms with Gasteiger partial charge < -0.3 is 25.3 Å². The summed E-state index contributed by atoms with van der Waals surface area (Å²) in [5, 5.41) is 5.52. The van der Waals surface area contributed by atoms with Crippen LogP contribution in [0.1, 0.15) is 50.5 Å². The van der Waals surface area contributed by atoms with Crippen molar-refractivity contribution >= 4 is 17.8 Å². The number of nitrogens with one attached hydrogen (secondary N) is 2. The van der Waals surface area contributed by atoms with Crippen molar-refractivity contribution in [2.75, 3.05) is 34.5 Å². The number of aliphatic imine (C=N–C) groups is 1. The topological polar surface area (TPSA) is 124 Å². The highest BCUT2D eigenvalue weighted by Gasteiger charge is 2.24. The fourth-order valence-corrected chi connectivity index (χ4v) is 4.07. The molecule has 33 heavy (non-hydrogen) atoms. The minimum Gasteiger partial charge on any atom is -0.493 e. The third-order valence-corrected chi connectivity index (χ3v) is 5.78. The summed E-state index contributed by atoms with van der Waals surface area (Å²) in [6.45, 7) is 1.08. The first-order valence-corrected chi connectivity index (χ1v) is 11.6. The molecule has 0 spiro atoms. The predicted octanol–water partition coefficient (Wildman–Crippen LogP) is 2.17. The molecule has 0 saturated heterocycles. The van der Waals surface area contributed by atoms with Crippen molar-refractivity contribution in [3.05, 3.63) is 23.8 Å². The number of hydrogen-bond acceptors (Lipinski definition) is 6. The lowest BCUT2D eigenvalue weighted by Gasteiger charge is -2.24. The summed E-state index contributed by atoms with van der Waals surface area (Å²) in [6, 6.07) is 4.64. The number of hydrogen-bond donors (Lipinski definition) is 3. The van der Waals surface area contributed by atoms with E-state index >= 15 is 0 Å². The monoisotopic (exact) mass is 462 g/mol. The van der Waals surface area contributed by atoms with Crippen molar-refractivity contribution in [1.82, 2.24) is 10.6 Å². The van der Waals surface area contributed by atoms with E-state index in [1.54, 1.807) is 39.5 Å². The van der Waals surface area contributed by atoms with Crippen LogP contribution in [0.15, 0.2) is 23.2 Å². The Labute approximate surface area is 196 Å². The van der Waals surface area contributed by atoms with E-state index in [9.17, 15) is 9.59 Å². The molecule has 1 saturated carbocycles. The zero-order valence-electron chi connectivity index (χ0n) is 20.0. The Hall–Kier alpha value is -2.81. The van der Waals surface area contributed by atoms with Crippen LogP contribution in [0.2, 0.25) is 0 Å². The molecule has 0 bridgehead atoms. The summed E-state index contributed by atoms with van der Waals surface area (Å²) in [4.78, 5) is 29.7. The van der Waals surface area contributed by atoms with Crippen LogP contribution in [0.4, 0.5) is 0 Å². The third kappa shape index (κ3) is 9.29. The van der Waals surface area contributed by atoms with Crippen LogP contribution in [0.25, 0.3) is 0 Å². The Bertz CT molecular complexity index is 793. The summed E-state index contributed by atoms with van der Waals surface area (Å²) < 4.78 is 15.5. The largest absolute Gasteiger partial charge is 0.493 e. The van der Waals surface area contributed by atoms with Crippen LogP contribution < -0.4 is 25.8 Å². The second-order valence-corrected chi connectivity index (χ2v) is 8.32. The van der Waals surface area contributed by atoms with E-state index in [-0.39, 0.29) is 24.2 Å². The van der Waals surface area contributed by atoms with E-state index in [2.05, 4.69) is 15.6 Å². The SMILES string of the molecule is COCCCNC(=O)C(CC1CCCCC1)N=C(N)NC(=O)Cc1ccc(OC)c(OC)c1. The standard InChI is InChI=1S/C24H38N4O5/c1-31-13-7-12-26-23(30)19(14-17-8-5-4-6-9-17)27-24(25)28-22(29)16-18-10-11-20(32-2)21(15-18)33-3/h10-11,15,17,19H,4-9,12-14,16H2,1-3H3,(H,26,30)(H3,25,27,28,29). The minimum atomic E-state index is -0.628. The van der Waals surface area contributed by atoms with Gasteiger partial charge in [-0.3, -0.25) is 14.9 Å². The molecule has 1 aliphatic carbocycles. The van der Waals surface area contributed by atoms with Gasteiger partial charge in [0, 0.05) is 20.3 Å². The number of nitrogens with two attached hydrogens (primary N) is 1. The van der Waals surface area contributed by atoms with Crippen molar-refractivity contribution in [3.8, 4) is 11.5 Å². The van der Waals surface area contributed by atoms with Crippen molar-refractivity contribution in [1.29, 1.82) is 0 Å². The highest BCUT2D eigenvalue weighted by molar-refractivity contribution is 5.98. The van der Waals surface area contributed by atoms with Crippen LogP contribution in [-0.4, -0.2) is 58.3 Å². The first kappa shape index (κ1) is 26.4. The lowest BCUT2D eigenvalue weighted by atomic mass is 9.85. The van der Waals surface area contributed by atoms with Gasteiger partial charge in [0.25, 0.3) is 0 Å². The Morgan fingerprint density at radius 1 is 1.12 bits per heavy atom. The van der Waals surface area contributed by atoms with E-state index in [0.717, 1.165) is 24.8 Å². The first-order chi connectivity index (χ1) is 16.0. The van der Waals surface area contributed by atoms with Gasteiger partial charge in [0.1, 0.15) is 6.04 Å². The van der Waals surface area contributed by atoms with E-state index < -0.39 is 6.04 Å².